The molecule has 0 aromatic heterocycles. The molecule has 1 fully saturated rings. The standard InChI is InChI=1S/C20H22BrN3O2/c1-24(13-18(25)23-17-10-6-5-9-16(17)21)19(14-7-3-2-4-8-14)20(26)22-15-11-12-15/h2-10,15,19H,11-13H2,1H3,(H,22,26)(H,23,25)/p+1/t19-/m0/s1. The number of hydrogen-bond acceptors (Lipinski definition) is 2. The first-order valence-corrected chi connectivity index (χ1v) is 9.56. The van der Waals surface area contributed by atoms with E-state index in [4.69, 9.17) is 0 Å². The number of amides is 2. The minimum Gasteiger partial charge on any atom is -0.348 e. The normalized spacial score (nSPS) is 15.8. The van der Waals surface area contributed by atoms with Gasteiger partial charge in [0.2, 0.25) is 0 Å². The minimum atomic E-state index is -0.415. The van der Waals surface area contributed by atoms with E-state index in [-0.39, 0.29) is 24.4 Å². The first kappa shape index (κ1) is 18.6. The van der Waals surface area contributed by atoms with Crippen LogP contribution in [0.1, 0.15) is 24.4 Å². The Bertz CT molecular complexity index is 778. The van der Waals surface area contributed by atoms with Gasteiger partial charge in [-0.05, 0) is 40.9 Å². The molecule has 0 radical (unpaired) electrons. The van der Waals surface area contributed by atoms with Crippen molar-refractivity contribution in [3.8, 4) is 0 Å². The van der Waals surface area contributed by atoms with Gasteiger partial charge in [-0.25, -0.2) is 0 Å². The Kier molecular flexibility index (Phi) is 6.06. The number of likely N-dealkylation sites (N-methyl/N-ethyl adjacent to an activating group) is 1. The summed E-state index contributed by atoms with van der Waals surface area (Å²) in [6.07, 6.45) is 2.07. The van der Waals surface area contributed by atoms with E-state index in [1.54, 1.807) is 0 Å². The molecule has 2 atom stereocenters. The van der Waals surface area contributed by atoms with Crippen LogP contribution >= 0.6 is 15.9 Å². The fraction of sp³-hybridized carbons (Fsp3) is 0.300. The SMILES string of the molecule is C[NH+](CC(=O)Nc1ccccc1Br)[C@H](C(=O)NC1CC1)c1ccccc1. The molecule has 1 aliphatic rings. The molecule has 6 heteroatoms. The maximum Gasteiger partial charge on any atom is 0.283 e. The highest BCUT2D eigenvalue weighted by Crippen LogP contribution is 2.21. The topological polar surface area (TPSA) is 62.6 Å². The number of halogens is 1. The second-order valence-electron chi connectivity index (χ2n) is 6.68. The minimum absolute atomic E-state index is 0.0232. The summed E-state index contributed by atoms with van der Waals surface area (Å²) in [5, 5.41) is 5.97. The van der Waals surface area contributed by atoms with Crippen LogP contribution in [0.5, 0.6) is 0 Å². The van der Waals surface area contributed by atoms with Gasteiger partial charge >= 0.3 is 0 Å². The summed E-state index contributed by atoms with van der Waals surface area (Å²) in [5.74, 6) is -0.153. The number of carbonyl (C=O) groups is 2. The highest BCUT2D eigenvalue weighted by Gasteiger charge is 2.34. The Morgan fingerprint density at radius 3 is 2.42 bits per heavy atom. The van der Waals surface area contributed by atoms with Crippen LogP contribution in [0, 0.1) is 0 Å². The fourth-order valence-electron chi connectivity index (χ4n) is 2.93. The third kappa shape index (κ3) is 4.93. The van der Waals surface area contributed by atoms with Crippen molar-refractivity contribution in [1.29, 1.82) is 0 Å². The van der Waals surface area contributed by atoms with Gasteiger partial charge in [-0.1, -0.05) is 42.5 Å². The predicted octanol–water partition coefficient (Wildman–Crippen LogP) is 1.92. The quantitative estimate of drug-likeness (QED) is 0.645. The van der Waals surface area contributed by atoms with E-state index in [1.807, 2.05) is 61.6 Å². The van der Waals surface area contributed by atoms with Gasteiger partial charge in [0.15, 0.2) is 12.6 Å². The zero-order valence-electron chi connectivity index (χ0n) is 14.7. The number of quaternary nitrogens is 1. The van der Waals surface area contributed by atoms with Crippen LogP contribution in [0.15, 0.2) is 59.1 Å². The smallest absolute Gasteiger partial charge is 0.283 e. The molecule has 0 aliphatic heterocycles. The average Bonchev–Trinajstić information content (AvgIpc) is 3.42. The lowest BCUT2D eigenvalue weighted by atomic mass is 10.0. The van der Waals surface area contributed by atoms with E-state index in [0.29, 0.717) is 0 Å². The van der Waals surface area contributed by atoms with Gasteiger partial charge in [-0.2, -0.15) is 0 Å². The lowest BCUT2D eigenvalue weighted by Crippen LogP contribution is -3.11. The Hall–Kier alpha value is -2.18. The van der Waals surface area contributed by atoms with Crippen molar-refractivity contribution < 1.29 is 14.5 Å². The second-order valence-corrected chi connectivity index (χ2v) is 7.53. The third-order valence-electron chi connectivity index (χ3n) is 4.40. The van der Waals surface area contributed by atoms with E-state index in [0.717, 1.165) is 33.5 Å². The molecule has 1 saturated carbocycles. The molecule has 2 aromatic carbocycles. The number of rotatable bonds is 7. The van der Waals surface area contributed by atoms with Gasteiger partial charge < -0.3 is 15.5 Å². The van der Waals surface area contributed by atoms with Gasteiger partial charge in [0.05, 0.1) is 12.7 Å². The summed E-state index contributed by atoms with van der Waals surface area (Å²) < 4.78 is 0.831. The van der Waals surface area contributed by atoms with Crippen LogP contribution in [0.4, 0.5) is 5.69 Å². The van der Waals surface area contributed by atoms with Crippen molar-refractivity contribution in [2.45, 2.75) is 24.9 Å². The van der Waals surface area contributed by atoms with Crippen molar-refractivity contribution in [2.75, 3.05) is 18.9 Å². The van der Waals surface area contributed by atoms with Gasteiger partial charge in [-0.3, -0.25) is 9.59 Å². The van der Waals surface area contributed by atoms with Crippen LogP contribution < -0.4 is 15.5 Å². The van der Waals surface area contributed by atoms with Crippen molar-refractivity contribution in [1.82, 2.24) is 5.32 Å². The summed E-state index contributed by atoms with van der Waals surface area (Å²) in [6, 6.07) is 17.0. The fourth-order valence-corrected chi connectivity index (χ4v) is 3.31. The first-order chi connectivity index (χ1) is 12.5. The molecule has 26 heavy (non-hydrogen) atoms. The monoisotopic (exact) mass is 416 g/mol. The maximum absolute atomic E-state index is 12.8. The zero-order valence-corrected chi connectivity index (χ0v) is 16.3. The molecule has 0 heterocycles. The summed E-state index contributed by atoms with van der Waals surface area (Å²) in [6.45, 7) is 0.193. The van der Waals surface area contributed by atoms with Crippen LogP contribution in [-0.2, 0) is 9.59 Å². The molecule has 0 spiro atoms. The van der Waals surface area contributed by atoms with Gasteiger partial charge in [0.1, 0.15) is 0 Å². The van der Waals surface area contributed by atoms with Gasteiger partial charge in [0, 0.05) is 16.1 Å². The van der Waals surface area contributed by atoms with Crippen molar-refractivity contribution in [2.24, 2.45) is 0 Å². The van der Waals surface area contributed by atoms with Crippen molar-refractivity contribution >= 4 is 33.4 Å². The molecule has 5 nitrogen and oxygen atoms in total. The summed E-state index contributed by atoms with van der Waals surface area (Å²) in [4.78, 5) is 26.1. The van der Waals surface area contributed by atoms with E-state index >= 15 is 0 Å². The zero-order chi connectivity index (χ0) is 18.5. The second kappa shape index (κ2) is 8.47. The Morgan fingerprint density at radius 1 is 1.12 bits per heavy atom. The first-order valence-electron chi connectivity index (χ1n) is 8.76. The van der Waals surface area contributed by atoms with Gasteiger partial charge in [0.25, 0.3) is 11.8 Å². The molecule has 2 amide bonds. The average molecular weight is 417 g/mol. The molecule has 0 saturated heterocycles. The lowest BCUT2D eigenvalue weighted by molar-refractivity contribution is -0.894. The number of nitrogens with one attached hydrogen (secondary N) is 3. The molecular formula is C20H23BrN3O2+. The highest BCUT2D eigenvalue weighted by atomic mass is 79.9. The predicted molar refractivity (Wildman–Crippen MR) is 105 cm³/mol. The van der Waals surface area contributed by atoms with Crippen LogP contribution in [0.2, 0.25) is 0 Å². The summed E-state index contributed by atoms with van der Waals surface area (Å²) >= 11 is 3.43. The maximum atomic E-state index is 12.8. The third-order valence-corrected chi connectivity index (χ3v) is 5.09. The number of carbonyl (C=O) groups excluding carboxylic acids is 2. The molecule has 136 valence electrons. The van der Waals surface area contributed by atoms with E-state index < -0.39 is 6.04 Å². The largest absolute Gasteiger partial charge is 0.348 e. The number of anilines is 1. The molecule has 0 bridgehead atoms. The molecule has 1 unspecified atom stereocenters. The molecule has 1 aliphatic carbocycles. The highest BCUT2D eigenvalue weighted by molar-refractivity contribution is 9.10. The Balaban J connectivity index is 1.70. The van der Waals surface area contributed by atoms with Crippen LogP contribution in [0.25, 0.3) is 0 Å². The van der Waals surface area contributed by atoms with E-state index in [1.165, 1.54) is 0 Å². The molecule has 2 aromatic rings. The number of hydrogen-bond donors (Lipinski definition) is 3. The van der Waals surface area contributed by atoms with E-state index in [9.17, 15) is 9.59 Å². The van der Waals surface area contributed by atoms with Crippen molar-refractivity contribution in [3.63, 3.8) is 0 Å². The van der Waals surface area contributed by atoms with Crippen molar-refractivity contribution in [3.05, 3.63) is 64.6 Å². The Morgan fingerprint density at radius 2 is 1.77 bits per heavy atom. The van der Waals surface area contributed by atoms with E-state index in [2.05, 4.69) is 26.6 Å². The number of para-hydroxylation sites is 1. The number of benzene rings is 2. The molecule has 3 N–H and O–H groups in total. The lowest BCUT2D eigenvalue weighted by Gasteiger charge is -2.24. The van der Waals surface area contributed by atoms with Crippen LogP contribution in [-0.4, -0.2) is 31.4 Å². The Labute approximate surface area is 161 Å². The van der Waals surface area contributed by atoms with Gasteiger partial charge in [-0.15, -0.1) is 0 Å². The molecular weight excluding hydrogens is 394 g/mol. The van der Waals surface area contributed by atoms with Crippen LogP contribution in [0.3, 0.4) is 0 Å². The summed E-state index contributed by atoms with van der Waals surface area (Å²) in [7, 11) is 1.88. The molecule has 3 rings (SSSR count). The summed E-state index contributed by atoms with van der Waals surface area (Å²) in [5.41, 5.74) is 1.64.